The average Bonchev–Trinajstić information content (AvgIpc) is 2.68. The number of carbonyl (C=O) groups excluding carboxylic acids is 2. The molecular weight excluding hydrogens is 344 g/mol. The Hall–Kier alpha value is -2.89. The minimum absolute atomic E-state index is 0.0359. The number of nitrogens with one attached hydrogen (secondary N) is 1. The fraction of sp³-hybridized carbons (Fsp3) is 0.381. The lowest BCUT2D eigenvalue weighted by molar-refractivity contribution is -0.684. The van der Waals surface area contributed by atoms with E-state index in [1.165, 1.54) is 12.6 Å². The maximum atomic E-state index is 12.4. The summed E-state index contributed by atoms with van der Waals surface area (Å²) in [6, 6.07) is 9.08. The molecule has 0 atom stereocenters. The lowest BCUT2D eigenvalue weighted by atomic mass is 9.95. The van der Waals surface area contributed by atoms with Crippen LogP contribution in [0.5, 0.6) is 5.75 Å². The van der Waals surface area contributed by atoms with Crippen molar-refractivity contribution in [1.29, 1.82) is 0 Å². The Bertz CT molecular complexity index is 811. The van der Waals surface area contributed by atoms with Crippen LogP contribution in [-0.4, -0.2) is 25.0 Å². The van der Waals surface area contributed by atoms with E-state index in [4.69, 9.17) is 4.74 Å². The van der Waals surface area contributed by atoms with Crippen molar-refractivity contribution < 1.29 is 24.0 Å². The van der Waals surface area contributed by atoms with Crippen molar-refractivity contribution in [1.82, 2.24) is 5.32 Å². The molecule has 1 aliphatic carbocycles. The molecule has 0 spiro atoms. The number of carboxylic acids is 1. The van der Waals surface area contributed by atoms with E-state index in [-0.39, 0.29) is 24.1 Å². The van der Waals surface area contributed by atoms with Gasteiger partial charge >= 0.3 is 0 Å². The van der Waals surface area contributed by atoms with E-state index in [1.54, 1.807) is 36.1 Å². The summed E-state index contributed by atoms with van der Waals surface area (Å²) in [5, 5.41) is 14.4. The fourth-order valence-corrected chi connectivity index (χ4v) is 3.47. The van der Waals surface area contributed by atoms with Crippen LogP contribution < -0.4 is 19.7 Å². The van der Waals surface area contributed by atoms with Gasteiger partial charge in [0.1, 0.15) is 5.75 Å². The molecule has 1 amide bonds. The number of benzene rings is 1. The molecule has 6 heteroatoms. The van der Waals surface area contributed by atoms with Gasteiger partial charge in [0.25, 0.3) is 5.91 Å². The van der Waals surface area contributed by atoms with Crippen molar-refractivity contribution in [3.8, 4) is 16.9 Å². The Labute approximate surface area is 158 Å². The van der Waals surface area contributed by atoms with Gasteiger partial charge in [-0.1, -0.05) is 31.4 Å². The third-order valence-electron chi connectivity index (χ3n) is 4.88. The van der Waals surface area contributed by atoms with Gasteiger partial charge in [-0.05, 0) is 36.6 Å². The minimum Gasteiger partial charge on any atom is -0.545 e. The molecule has 142 valence electrons. The van der Waals surface area contributed by atoms with E-state index < -0.39 is 5.97 Å². The molecule has 1 heterocycles. The summed E-state index contributed by atoms with van der Waals surface area (Å²) in [4.78, 5) is 23.8. The predicted molar refractivity (Wildman–Crippen MR) is 98.0 cm³/mol. The number of hydrogen-bond donors (Lipinski definition) is 1. The molecule has 1 N–H and O–H groups in total. The van der Waals surface area contributed by atoms with Crippen molar-refractivity contribution in [2.45, 2.75) is 44.7 Å². The summed E-state index contributed by atoms with van der Waals surface area (Å²) in [5.41, 5.74) is 1.57. The molecule has 0 bridgehead atoms. The maximum Gasteiger partial charge on any atom is 0.286 e. The number of hydrogen-bond acceptors (Lipinski definition) is 4. The summed E-state index contributed by atoms with van der Waals surface area (Å²) in [6.45, 7) is 0.0702. The second kappa shape index (κ2) is 8.66. The van der Waals surface area contributed by atoms with Crippen LogP contribution in [0.1, 0.15) is 42.5 Å². The first-order valence-corrected chi connectivity index (χ1v) is 9.24. The Morgan fingerprint density at radius 2 is 1.81 bits per heavy atom. The topological polar surface area (TPSA) is 82.3 Å². The van der Waals surface area contributed by atoms with Crippen LogP contribution in [-0.2, 0) is 11.3 Å². The largest absolute Gasteiger partial charge is 0.545 e. The van der Waals surface area contributed by atoms with Crippen LogP contribution in [0.3, 0.4) is 0 Å². The second-order valence-electron chi connectivity index (χ2n) is 6.90. The second-order valence-corrected chi connectivity index (χ2v) is 6.90. The van der Waals surface area contributed by atoms with Gasteiger partial charge in [0, 0.05) is 11.6 Å². The standard InChI is InChI=1S/C21H24N2O4/c1-27-19-9-7-15(8-10-19)16-11-17(21(25)26)13-23(12-16)14-20(24)22-18-5-3-2-4-6-18/h7-13,18H,2-6,14H2,1H3,(H-,22,24,25,26). The van der Waals surface area contributed by atoms with Gasteiger partial charge in [-0.15, -0.1) is 0 Å². The van der Waals surface area contributed by atoms with E-state index in [0.717, 1.165) is 37.0 Å². The van der Waals surface area contributed by atoms with E-state index in [2.05, 4.69) is 5.32 Å². The SMILES string of the molecule is COc1ccc(-c2cc(C(=O)[O-])c[n+](CC(=O)NC3CCCCC3)c2)cc1. The first-order chi connectivity index (χ1) is 13.0. The van der Waals surface area contributed by atoms with Gasteiger partial charge in [0.05, 0.1) is 18.6 Å². The summed E-state index contributed by atoms with van der Waals surface area (Å²) >= 11 is 0. The molecule has 1 aliphatic rings. The molecule has 1 saturated carbocycles. The Kier molecular flexibility index (Phi) is 6.06. The number of amides is 1. The molecular formula is C21H24N2O4. The van der Waals surface area contributed by atoms with Crippen molar-refractivity contribution in [3.05, 3.63) is 48.3 Å². The van der Waals surface area contributed by atoms with Gasteiger partial charge < -0.3 is 20.0 Å². The highest BCUT2D eigenvalue weighted by atomic mass is 16.5. The molecule has 0 unspecified atom stereocenters. The van der Waals surface area contributed by atoms with Gasteiger partial charge in [-0.25, -0.2) is 0 Å². The highest BCUT2D eigenvalue weighted by Crippen LogP contribution is 2.22. The van der Waals surface area contributed by atoms with Crippen LogP contribution in [0.4, 0.5) is 0 Å². The van der Waals surface area contributed by atoms with E-state index >= 15 is 0 Å². The van der Waals surface area contributed by atoms with Crippen LogP contribution in [0.25, 0.3) is 11.1 Å². The number of methoxy groups -OCH3 is 1. The third-order valence-corrected chi connectivity index (χ3v) is 4.88. The highest BCUT2D eigenvalue weighted by molar-refractivity contribution is 5.86. The zero-order valence-electron chi connectivity index (χ0n) is 15.4. The molecule has 2 aromatic rings. The molecule has 0 aliphatic heterocycles. The van der Waals surface area contributed by atoms with Gasteiger partial charge in [0.2, 0.25) is 6.54 Å². The molecule has 3 rings (SSSR count). The first kappa shape index (κ1) is 18.9. The van der Waals surface area contributed by atoms with Crippen LogP contribution in [0, 0.1) is 0 Å². The Morgan fingerprint density at radius 3 is 2.44 bits per heavy atom. The number of aromatic nitrogens is 1. The molecule has 27 heavy (non-hydrogen) atoms. The maximum absolute atomic E-state index is 12.4. The van der Waals surface area contributed by atoms with Gasteiger partial charge in [0.15, 0.2) is 12.4 Å². The van der Waals surface area contributed by atoms with Gasteiger partial charge in [-0.2, -0.15) is 4.57 Å². The smallest absolute Gasteiger partial charge is 0.286 e. The number of carboxylic acid groups (broad SMARTS) is 1. The molecule has 1 aromatic carbocycles. The number of aromatic carboxylic acids is 1. The average molecular weight is 368 g/mol. The lowest BCUT2D eigenvalue weighted by Gasteiger charge is -2.22. The Morgan fingerprint density at radius 1 is 1.11 bits per heavy atom. The van der Waals surface area contributed by atoms with Crippen molar-refractivity contribution in [2.24, 2.45) is 0 Å². The first-order valence-electron chi connectivity index (χ1n) is 9.24. The van der Waals surface area contributed by atoms with E-state index in [0.29, 0.717) is 5.56 Å². The lowest BCUT2D eigenvalue weighted by Crippen LogP contribution is -2.47. The third kappa shape index (κ3) is 5.06. The predicted octanol–water partition coefficient (Wildman–Crippen LogP) is 1.46. The zero-order chi connectivity index (χ0) is 19.2. The van der Waals surface area contributed by atoms with E-state index in [9.17, 15) is 14.7 Å². The Balaban J connectivity index is 1.80. The van der Waals surface area contributed by atoms with Gasteiger partial charge in [-0.3, -0.25) is 4.79 Å². The summed E-state index contributed by atoms with van der Waals surface area (Å²) < 4.78 is 6.75. The monoisotopic (exact) mass is 368 g/mol. The molecule has 1 aromatic heterocycles. The number of carbonyl (C=O) groups is 2. The number of nitrogens with zero attached hydrogens (tertiary/aromatic N) is 1. The van der Waals surface area contributed by atoms with Crippen LogP contribution in [0.15, 0.2) is 42.7 Å². The molecule has 1 fully saturated rings. The molecule has 0 radical (unpaired) electrons. The number of rotatable bonds is 6. The number of pyridine rings is 1. The minimum atomic E-state index is -1.27. The molecule has 6 nitrogen and oxygen atoms in total. The fourth-order valence-electron chi connectivity index (χ4n) is 3.47. The van der Waals surface area contributed by atoms with Crippen LogP contribution >= 0.6 is 0 Å². The summed E-state index contributed by atoms with van der Waals surface area (Å²) in [6.07, 6.45) is 8.72. The summed E-state index contributed by atoms with van der Waals surface area (Å²) in [5.74, 6) is -0.663. The van der Waals surface area contributed by atoms with Crippen LogP contribution in [0.2, 0.25) is 0 Å². The molecule has 0 saturated heterocycles. The van der Waals surface area contributed by atoms with Crippen molar-refractivity contribution >= 4 is 11.9 Å². The summed E-state index contributed by atoms with van der Waals surface area (Å²) in [7, 11) is 1.59. The quantitative estimate of drug-likeness (QED) is 0.783. The van der Waals surface area contributed by atoms with E-state index in [1.807, 2.05) is 12.1 Å². The van der Waals surface area contributed by atoms with Crippen molar-refractivity contribution in [3.63, 3.8) is 0 Å². The number of ether oxygens (including phenoxy) is 1. The van der Waals surface area contributed by atoms with Crippen molar-refractivity contribution in [2.75, 3.05) is 7.11 Å². The zero-order valence-corrected chi connectivity index (χ0v) is 15.4. The highest BCUT2D eigenvalue weighted by Gasteiger charge is 2.19. The normalized spacial score (nSPS) is 14.6.